The van der Waals surface area contributed by atoms with Crippen molar-refractivity contribution in [3.8, 4) is 22.3 Å². The maximum Gasteiger partial charge on any atom is 0.419 e. The van der Waals surface area contributed by atoms with Gasteiger partial charge in [-0.05, 0) is 221 Å². The topological polar surface area (TPSA) is 208 Å². The number of hydrogen-bond acceptors (Lipinski definition) is 12. The van der Waals surface area contributed by atoms with Crippen molar-refractivity contribution in [2.45, 2.75) is 169 Å². The molecule has 2 aliphatic rings. The van der Waals surface area contributed by atoms with Gasteiger partial charge in [0.2, 0.25) is 5.91 Å². The third-order valence-corrected chi connectivity index (χ3v) is 17.9. The lowest BCUT2D eigenvalue weighted by molar-refractivity contribution is -0.145. The Bertz CT molecular complexity index is 4410. The number of alkyl halides is 13. The molecule has 2 fully saturated rings. The highest BCUT2D eigenvalue weighted by molar-refractivity contribution is 14.1. The molecule has 4 N–H and O–H groups in total. The summed E-state index contributed by atoms with van der Waals surface area (Å²) in [4.78, 5) is 79.4. The summed E-state index contributed by atoms with van der Waals surface area (Å²) in [7, 11) is 2.17. The molecule has 1 amide bonds. The number of carbonyl (C=O) groups excluding carboxylic acids is 3. The molecule has 8 rings (SSSR count). The average Bonchev–Trinajstić information content (AvgIpc) is 0.760. The highest BCUT2D eigenvalue weighted by atomic mass is 127. The first kappa shape index (κ1) is 101. The van der Waals surface area contributed by atoms with Crippen LogP contribution in [0.1, 0.15) is 171 Å². The maximum atomic E-state index is 16.6. The van der Waals surface area contributed by atoms with Crippen molar-refractivity contribution in [3.05, 3.63) is 183 Å². The van der Waals surface area contributed by atoms with Crippen LogP contribution in [-0.2, 0) is 66.2 Å². The Hall–Kier alpha value is -7.56. The maximum absolute atomic E-state index is 16.6. The fourth-order valence-electron chi connectivity index (χ4n) is 12.7. The number of pyridine rings is 2. The molecule has 114 heavy (non-hydrogen) atoms. The predicted molar refractivity (Wildman–Crippen MR) is 410 cm³/mol. The van der Waals surface area contributed by atoms with E-state index in [9.17, 15) is 104 Å². The highest BCUT2D eigenvalue weighted by Crippen LogP contribution is 2.45. The number of halogens is 20. The van der Waals surface area contributed by atoms with E-state index in [-0.39, 0.29) is 129 Å². The Kier molecular flexibility index (Phi) is 39.4. The monoisotopic (exact) mass is 1800 g/mol. The molecule has 4 atom stereocenters. The number of amides is 1. The highest BCUT2D eigenvalue weighted by Gasteiger charge is 2.44. The van der Waals surface area contributed by atoms with E-state index in [1.807, 2.05) is 9.80 Å². The number of carbonyl (C=O) groups is 4. The number of rotatable bonds is 25. The molecular weight excluding hydrogens is 1710 g/mol. The van der Waals surface area contributed by atoms with Crippen LogP contribution in [0.15, 0.2) is 73.7 Å². The number of aliphatic carboxylic acids is 1. The minimum Gasteiger partial charge on any atom is -0.480 e. The molecule has 16 nitrogen and oxygen atoms in total. The minimum absolute atomic E-state index is 0. The molecule has 0 aliphatic carbocycles. The van der Waals surface area contributed by atoms with Gasteiger partial charge in [-0.2, -0.15) is 79.7 Å². The van der Waals surface area contributed by atoms with Gasteiger partial charge < -0.3 is 44.6 Å². The van der Waals surface area contributed by atoms with E-state index in [1.165, 1.54) is 41.5 Å². The van der Waals surface area contributed by atoms with Gasteiger partial charge in [-0.1, -0.05) is 27.7 Å². The molecule has 2 unspecified atom stereocenters. The van der Waals surface area contributed by atoms with Crippen LogP contribution in [0.3, 0.4) is 0 Å². The second-order valence-corrected chi connectivity index (χ2v) is 28.1. The van der Waals surface area contributed by atoms with Crippen molar-refractivity contribution < 1.29 is 117 Å². The van der Waals surface area contributed by atoms with Crippen molar-refractivity contribution in [2.75, 3.05) is 66.7 Å². The Labute approximate surface area is 674 Å². The zero-order chi connectivity index (χ0) is 85.9. The molecule has 0 saturated carbocycles. The van der Waals surface area contributed by atoms with Crippen LogP contribution < -0.4 is 22.2 Å². The summed E-state index contributed by atoms with van der Waals surface area (Å²) in [6.45, 7) is 18.6. The molecule has 2 aromatic heterocycles. The second kappa shape index (κ2) is 44.7. The normalized spacial score (nSPS) is 14.3. The number of hydrogen-bond donors (Lipinski definition) is 3. The Morgan fingerprint density at radius 1 is 0.553 bits per heavy atom. The first-order chi connectivity index (χ1) is 52.5. The SMILES string of the molecule is CC(C)CC(C(=O)O)n1cc(CCN2CCC2)c(C(F)(F)F)cc1=O.CCOC(=O)C[C@H](N)c1c(F)c(-c2c(C)cc(F)cc2C)cc(C(F)(F)F)c1F.CCOC(=O)C[C@H](NC(=O)C(CC(C)C)n1cc(CCN2CCC2)c(C(F)(F)F)cc1=O)c1c(F)c(-c2c(C)cc(F)cc2C)cc(C(F)(F)F)c1F.CF.S.S.[3H]I=NC. The van der Waals surface area contributed by atoms with Crippen LogP contribution in [0.2, 0.25) is 0 Å². The average molecular weight is 1800 g/mol. The lowest BCUT2D eigenvalue weighted by atomic mass is 9.89. The van der Waals surface area contributed by atoms with Crippen LogP contribution >= 0.6 is 49.2 Å². The fraction of sp³-hybridized carbons (Fsp3) is 0.500. The number of carboxylic acid groups (broad SMARTS) is 1. The van der Waals surface area contributed by atoms with Crippen molar-refractivity contribution >= 4 is 73.0 Å². The van der Waals surface area contributed by atoms with E-state index in [4.69, 9.17) is 11.1 Å². The molecule has 2 saturated heterocycles. The van der Waals surface area contributed by atoms with E-state index in [1.54, 1.807) is 34.7 Å². The number of nitrogens with one attached hydrogen (secondary N) is 1. The summed E-state index contributed by atoms with van der Waals surface area (Å²) in [6.07, 6.45) is -18.1. The lowest BCUT2D eigenvalue weighted by Crippen LogP contribution is -2.41. The second-order valence-electron chi connectivity index (χ2n) is 27.1. The Balaban J connectivity index is 0.000000610. The van der Waals surface area contributed by atoms with Gasteiger partial charge in [0.05, 0.1) is 61.5 Å². The van der Waals surface area contributed by atoms with Crippen LogP contribution in [0.5, 0.6) is 0 Å². The molecular formula is C76H93F19IN7O9S2. The van der Waals surface area contributed by atoms with Gasteiger partial charge in [-0.25, -0.2) is 31.1 Å². The number of esters is 2. The van der Waals surface area contributed by atoms with E-state index in [2.05, 4.69) is 13.2 Å². The van der Waals surface area contributed by atoms with Crippen molar-refractivity contribution in [2.24, 2.45) is 20.7 Å². The number of aryl methyl sites for hydroxylation is 4. The Morgan fingerprint density at radius 3 is 1.20 bits per heavy atom. The van der Waals surface area contributed by atoms with Crippen LogP contribution in [-0.4, -0.2) is 115 Å². The van der Waals surface area contributed by atoms with Crippen molar-refractivity contribution in [3.63, 3.8) is 0 Å². The van der Waals surface area contributed by atoms with Gasteiger partial charge in [-0.15, -0.1) is 0 Å². The standard InChI is InChI=1S/C37H40F9N3O4.C20H19F6NO2.C17H23F3N2O3.CH3F.CH4IN.2H2S/c1-6-53-30(51)17-27(32-33(39)24(15-26(34(32)40)37(44,45)46)31-20(4)13-23(38)14-21(31)5)47-35(52)28(12-19(2)3)49-18-22(8-11-48-9-7-10-48)25(16-29(49)50)36(41,42)43;1-4-29-15(28)8-14(27)17-18(22)12(7-13(19(17)23)20(24,25)26)16-9(2)5-11(21)6-10(16)3;1-11(2)8-14(16(24)25)22-10-12(4-7-21-5-3-6-21)13(9-15(22)23)17(18,19)20;1-2;1-3-2;;/h13-16,18-19,27-28H,6-12,17H2,1-5H3,(H,47,52);5-7,14H,4,8,27H2,1-3H3;9-11,14H,3-8H2,1-2H3,(H,24,25);1H3;2H,1H3;2*1H2/t27-,28?;14-;;;;;/m00...../s1/i;;;;2T;;. The van der Waals surface area contributed by atoms with Gasteiger partial charge in [0.25, 0.3) is 11.1 Å². The first-order valence-electron chi connectivity index (χ1n) is 35.4. The number of benzene rings is 4. The fourth-order valence-corrected chi connectivity index (χ4v) is 12.7. The number of carboxylic acids is 1. The summed E-state index contributed by atoms with van der Waals surface area (Å²) in [6, 6.07) is -1.33. The smallest absolute Gasteiger partial charge is 0.419 e. The largest absolute Gasteiger partial charge is 0.480 e. The van der Waals surface area contributed by atoms with Crippen molar-refractivity contribution in [1.29, 1.82) is 0.594 Å². The molecule has 4 heterocycles. The number of aromatic nitrogens is 2. The summed E-state index contributed by atoms with van der Waals surface area (Å²) < 4.78 is 286. The molecule has 2 aliphatic heterocycles. The minimum atomic E-state index is -5.41. The van der Waals surface area contributed by atoms with Crippen LogP contribution in [0.25, 0.3) is 22.3 Å². The summed E-state index contributed by atoms with van der Waals surface area (Å²) >= 11 is -0.514. The molecule has 6 aromatic rings. The van der Waals surface area contributed by atoms with E-state index >= 15 is 13.2 Å². The summed E-state index contributed by atoms with van der Waals surface area (Å²) in [5.74, 6) is -13.3. The number of likely N-dealkylation sites (tertiary alicyclic amines) is 2. The predicted octanol–water partition coefficient (Wildman–Crippen LogP) is 18.2. The van der Waals surface area contributed by atoms with E-state index in [0.717, 1.165) is 71.7 Å². The third-order valence-electron chi connectivity index (χ3n) is 17.9. The molecule has 4 aromatic carbocycles. The molecule has 0 spiro atoms. The number of nitrogens with two attached hydrogens (primary N) is 1. The zero-order valence-corrected chi connectivity index (χ0v) is 68.3. The summed E-state index contributed by atoms with van der Waals surface area (Å²) in [5.41, 5.74) is -6.37. The van der Waals surface area contributed by atoms with E-state index in [0.29, 0.717) is 45.0 Å². The third kappa shape index (κ3) is 27.8. The molecule has 0 radical (unpaired) electrons. The van der Waals surface area contributed by atoms with Crippen LogP contribution in [0.4, 0.5) is 83.4 Å². The van der Waals surface area contributed by atoms with Gasteiger partial charge in [-0.3, -0.25) is 31.5 Å². The number of ether oxygens (including phenoxy) is 2. The Morgan fingerprint density at radius 2 is 0.886 bits per heavy atom. The molecule has 638 valence electrons. The summed E-state index contributed by atoms with van der Waals surface area (Å²) in [5, 5.41) is 11.6. The van der Waals surface area contributed by atoms with Gasteiger partial charge in [0.1, 0.15) is 47.6 Å². The quantitative estimate of drug-likeness (QED) is 0.0278. The van der Waals surface area contributed by atoms with E-state index < -0.39 is 204 Å². The van der Waals surface area contributed by atoms with Gasteiger partial charge in [0, 0.05) is 73.0 Å². The zero-order valence-electron chi connectivity index (χ0n) is 65.1. The van der Waals surface area contributed by atoms with Crippen molar-refractivity contribution in [1.82, 2.24) is 24.3 Å². The molecule has 38 heteroatoms. The molecule has 0 bridgehead atoms. The first-order valence-corrected chi connectivity index (χ1v) is 36.0. The van der Waals surface area contributed by atoms with Gasteiger partial charge >= 0.3 is 42.6 Å². The lowest BCUT2D eigenvalue weighted by Gasteiger charge is -2.31. The van der Waals surface area contributed by atoms with Gasteiger partial charge in [0.15, 0.2) is 0 Å². The number of nitrogens with zero attached hydrogens (tertiary/aromatic N) is 5. The van der Waals surface area contributed by atoms with Crippen LogP contribution in [0, 0.1) is 74.4 Å².